The molecule has 0 radical (unpaired) electrons. The first kappa shape index (κ1) is 24.7. The number of hydrogen-bond acceptors (Lipinski definition) is 2. The monoisotopic (exact) mass is 391 g/mol. The van der Waals surface area contributed by atoms with Crippen LogP contribution in [0.5, 0.6) is 0 Å². The summed E-state index contributed by atoms with van der Waals surface area (Å²) >= 11 is 0. The summed E-state index contributed by atoms with van der Waals surface area (Å²) in [5.41, 5.74) is 1.03. The molecule has 0 fully saturated rings. The van der Waals surface area contributed by atoms with Crippen LogP contribution in [0.2, 0.25) is 0 Å². The van der Waals surface area contributed by atoms with Crippen molar-refractivity contribution < 1.29 is 4.79 Å². The molecule has 0 saturated heterocycles. The number of hydrogen-bond donors (Lipinski definition) is 1. The maximum absolute atomic E-state index is 11.9. The second-order valence-electron chi connectivity index (χ2n) is 8.28. The third-order valence-electron chi connectivity index (χ3n) is 5.57. The van der Waals surface area contributed by atoms with Crippen LogP contribution in [0.15, 0.2) is 12.3 Å². The van der Waals surface area contributed by atoms with Gasteiger partial charge in [-0.1, -0.05) is 103 Å². The van der Waals surface area contributed by atoms with Gasteiger partial charge in [0.1, 0.15) is 6.54 Å². The molecule has 0 aliphatic carbocycles. The quantitative estimate of drug-likeness (QED) is 0.271. The highest BCUT2D eigenvalue weighted by atomic mass is 16.2. The maximum atomic E-state index is 11.9. The topological polar surface area (TPSA) is 46.9 Å². The van der Waals surface area contributed by atoms with Gasteiger partial charge in [-0.3, -0.25) is 9.48 Å². The zero-order chi connectivity index (χ0) is 20.3. The lowest BCUT2D eigenvalue weighted by atomic mass is 10.0. The Balaban J connectivity index is 1.75. The summed E-state index contributed by atoms with van der Waals surface area (Å²) in [5, 5.41) is 7.14. The van der Waals surface area contributed by atoms with Gasteiger partial charge in [0.2, 0.25) is 5.91 Å². The van der Waals surface area contributed by atoms with E-state index >= 15 is 0 Å². The molecule has 1 N–H and O–H groups in total. The van der Waals surface area contributed by atoms with E-state index in [1.54, 1.807) is 10.9 Å². The number of rotatable bonds is 19. The van der Waals surface area contributed by atoms with Gasteiger partial charge >= 0.3 is 0 Å². The number of carbonyl (C=O) groups is 1. The molecule has 4 heteroatoms. The van der Waals surface area contributed by atoms with E-state index < -0.39 is 0 Å². The van der Waals surface area contributed by atoms with Gasteiger partial charge in [0.05, 0.1) is 0 Å². The third-order valence-corrected chi connectivity index (χ3v) is 5.57. The minimum atomic E-state index is 0.0627. The Hall–Kier alpha value is -1.32. The summed E-state index contributed by atoms with van der Waals surface area (Å²) < 4.78 is 1.74. The second-order valence-corrected chi connectivity index (χ2v) is 8.28. The summed E-state index contributed by atoms with van der Waals surface area (Å²) in [6, 6.07) is 1.92. The Morgan fingerprint density at radius 1 is 0.821 bits per heavy atom. The van der Waals surface area contributed by atoms with Crippen LogP contribution < -0.4 is 5.32 Å². The molecule has 0 aliphatic heterocycles. The SMILES string of the molecule is CCCCCCCCCCCCCCCCCCNC(=O)Cn1nccc1C. The van der Waals surface area contributed by atoms with Crippen molar-refractivity contribution in [2.45, 2.75) is 123 Å². The van der Waals surface area contributed by atoms with E-state index in [2.05, 4.69) is 17.3 Å². The molecular formula is C24H45N3O. The van der Waals surface area contributed by atoms with Gasteiger partial charge < -0.3 is 5.32 Å². The van der Waals surface area contributed by atoms with Gasteiger partial charge in [-0.05, 0) is 19.4 Å². The molecule has 1 heterocycles. The minimum Gasteiger partial charge on any atom is -0.354 e. The number of nitrogens with one attached hydrogen (secondary N) is 1. The molecule has 0 aromatic carbocycles. The van der Waals surface area contributed by atoms with Crippen LogP contribution in [-0.4, -0.2) is 22.2 Å². The maximum Gasteiger partial charge on any atom is 0.241 e. The lowest BCUT2D eigenvalue weighted by Crippen LogP contribution is -2.29. The molecular weight excluding hydrogens is 346 g/mol. The Kier molecular flexibility index (Phi) is 15.7. The zero-order valence-electron chi connectivity index (χ0n) is 18.7. The number of unbranched alkanes of at least 4 members (excludes halogenated alkanes) is 15. The highest BCUT2D eigenvalue weighted by Gasteiger charge is 2.04. The summed E-state index contributed by atoms with van der Waals surface area (Å²) in [7, 11) is 0. The number of amides is 1. The van der Waals surface area contributed by atoms with Gasteiger partial charge in [-0.15, -0.1) is 0 Å². The minimum absolute atomic E-state index is 0.0627. The Labute approximate surface area is 173 Å². The van der Waals surface area contributed by atoms with Crippen LogP contribution in [0.1, 0.15) is 115 Å². The molecule has 0 spiro atoms. The first-order valence-electron chi connectivity index (χ1n) is 12.0. The van der Waals surface area contributed by atoms with Crippen LogP contribution in [0.4, 0.5) is 0 Å². The van der Waals surface area contributed by atoms with Gasteiger partial charge in [-0.25, -0.2) is 0 Å². The van der Waals surface area contributed by atoms with Crippen molar-refractivity contribution in [3.8, 4) is 0 Å². The predicted octanol–water partition coefficient (Wildman–Crippen LogP) is 6.57. The molecule has 1 amide bonds. The van der Waals surface area contributed by atoms with Crippen LogP contribution in [-0.2, 0) is 11.3 Å². The van der Waals surface area contributed by atoms with Crippen LogP contribution in [0, 0.1) is 6.92 Å². The van der Waals surface area contributed by atoms with Crippen LogP contribution in [0.25, 0.3) is 0 Å². The van der Waals surface area contributed by atoms with Gasteiger partial charge in [-0.2, -0.15) is 5.10 Å². The summed E-state index contributed by atoms with van der Waals surface area (Å²) in [5.74, 6) is 0.0627. The highest BCUT2D eigenvalue weighted by Crippen LogP contribution is 2.13. The van der Waals surface area contributed by atoms with Crippen molar-refractivity contribution in [2.75, 3.05) is 6.54 Å². The first-order chi connectivity index (χ1) is 13.7. The fourth-order valence-electron chi connectivity index (χ4n) is 3.66. The Morgan fingerprint density at radius 3 is 1.71 bits per heavy atom. The molecule has 0 saturated carbocycles. The van der Waals surface area contributed by atoms with Gasteiger partial charge in [0.15, 0.2) is 0 Å². The lowest BCUT2D eigenvalue weighted by molar-refractivity contribution is -0.121. The predicted molar refractivity (Wildman–Crippen MR) is 120 cm³/mol. The van der Waals surface area contributed by atoms with E-state index in [1.807, 2.05) is 13.0 Å². The van der Waals surface area contributed by atoms with E-state index in [9.17, 15) is 4.79 Å². The van der Waals surface area contributed by atoms with Crippen molar-refractivity contribution in [1.82, 2.24) is 15.1 Å². The van der Waals surface area contributed by atoms with Crippen molar-refractivity contribution in [2.24, 2.45) is 0 Å². The molecule has 0 unspecified atom stereocenters. The molecule has 0 atom stereocenters. The molecule has 0 bridgehead atoms. The molecule has 1 aromatic heterocycles. The van der Waals surface area contributed by atoms with Gasteiger partial charge in [0.25, 0.3) is 0 Å². The second kappa shape index (κ2) is 17.8. The number of carbonyl (C=O) groups excluding carboxylic acids is 1. The normalized spacial score (nSPS) is 11.1. The van der Waals surface area contributed by atoms with Crippen molar-refractivity contribution in [1.29, 1.82) is 0 Å². The van der Waals surface area contributed by atoms with Crippen molar-refractivity contribution in [3.63, 3.8) is 0 Å². The largest absolute Gasteiger partial charge is 0.354 e. The van der Waals surface area contributed by atoms with Crippen LogP contribution >= 0.6 is 0 Å². The Morgan fingerprint density at radius 2 is 1.29 bits per heavy atom. The number of aryl methyl sites for hydroxylation is 1. The molecule has 0 aliphatic rings. The van der Waals surface area contributed by atoms with E-state index in [4.69, 9.17) is 0 Å². The van der Waals surface area contributed by atoms with Crippen molar-refractivity contribution >= 4 is 5.91 Å². The first-order valence-corrected chi connectivity index (χ1v) is 12.0. The molecule has 1 rings (SSSR count). The standard InChI is InChI=1S/C24H45N3O/c1-3-4-5-6-7-8-9-10-11-12-13-14-15-16-17-18-20-25-24(28)22-27-23(2)19-21-26-27/h19,21H,3-18,20,22H2,1-2H3,(H,25,28). The summed E-state index contributed by atoms with van der Waals surface area (Å²) in [6.07, 6.45) is 23.7. The smallest absolute Gasteiger partial charge is 0.241 e. The number of nitrogens with zero attached hydrogens (tertiary/aromatic N) is 2. The van der Waals surface area contributed by atoms with Crippen LogP contribution in [0.3, 0.4) is 0 Å². The molecule has 4 nitrogen and oxygen atoms in total. The molecule has 162 valence electrons. The van der Waals surface area contributed by atoms with E-state index in [0.717, 1.165) is 18.7 Å². The Bertz CT molecular complexity index is 484. The highest BCUT2D eigenvalue weighted by molar-refractivity contribution is 5.75. The summed E-state index contributed by atoms with van der Waals surface area (Å²) in [4.78, 5) is 11.9. The summed E-state index contributed by atoms with van der Waals surface area (Å²) in [6.45, 7) is 5.37. The van der Waals surface area contributed by atoms with E-state index in [-0.39, 0.29) is 5.91 Å². The zero-order valence-corrected chi connectivity index (χ0v) is 18.7. The van der Waals surface area contributed by atoms with E-state index in [0.29, 0.717) is 6.54 Å². The molecule has 28 heavy (non-hydrogen) atoms. The number of aromatic nitrogens is 2. The van der Waals surface area contributed by atoms with E-state index in [1.165, 1.54) is 96.3 Å². The fraction of sp³-hybridized carbons (Fsp3) is 0.833. The average molecular weight is 392 g/mol. The van der Waals surface area contributed by atoms with Crippen molar-refractivity contribution in [3.05, 3.63) is 18.0 Å². The third kappa shape index (κ3) is 13.8. The lowest BCUT2D eigenvalue weighted by Gasteiger charge is -2.07. The average Bonchev–Trinajstić information content (AvgIpc) is 3.08. The molecule has 1 aromatic rings. The fourth-order valence-corrected chi connectivity index (χ4v) is 3.66. The van der Waals surface area contributed by atoms with Gasteiger partial charge in [0, 0.05) is 18.4 Å².